The van der Waals surface area contributed by atoms with Crippen LogP contribution in [-0.2, 0) is 30.2 Å². The van der Waals surface area contributed by atoms with Crippen LogP contribution >= 0.6 is 0 Å². The van der Waals surface area contributed by atoms with E-state index in [2.05, 4.69) is 15.2 Å². The average Bonchev–Trinajstić information content (AvgIpc) is 3.13. The van der Waals surface area contributed by atoms with Gasteiger partial charge in [0.05, 0.1) is 6.33 Å². The lowest BCUT2D eigenvalue weighted by Crippen LogP contribution is -2.50. The van der Waals surface area contributed by atoms with Gasteiger partial charge in [0.1, 0.15) is 12.1 Å². The third-order valence-corrected chi connectivity index (χ3v) is 5.50. The molecule has 0 aliphatic carbocycles. The Morgan fingerprint density at radius 1 is 1.12 bits per heavy atom. The van der Waals surface area contributed by atoms with Gasteiger partial charge in [0.2, 0.25) is 5.91 Å². The van der Waals surface area contributed by atoms with Crippen molar-refractivity contribution in [2.45, 2.75) is 39.3 Å². The molecule has 12 heteroatoms. The molecule has 0 bridgehead atoms. The minimum Gasteiger partial charge on any atom is -0.444 e. The van der Waals surface area contributed by atoms with Crippen LogP contribution < -0.4 is 16.6 Å². The van der Waals surface area contributed by atoms with Crippen molar-refractivity contribution < 1.29 is 14.3 Å². The molecule has 3 rings (SSSR count). The number of carbonyl (C=O) groups is 2. The number of ether oxygens (including phenoxy) is 1. The first-order valence-corrected chi connectivity index (χ1v) is 11.1. The van der Waals surface area contributed by atoms with Crippen molar-refractivity contribution in [3.63, 3.8) is 0 Å². The Morgan fingerprint density at radius 2 is 1.79 bits per heavy atom. The van der Waals surface area contributed by atoms with Gasteiger partial charge >= 0.3 is 11.8 Å². The fraction of sp³-hybridized carbons (Fsp3) is 0.667. The van der Waals surface area contributed by atoms with E-state index in [1.54, 1.807) is 11.9 Å². The maximum Gasteiger partial charge on any atom is 0.410 e. The average molecular weight is 464 g/mol. The molecule has 1 fully saturated rings. The first kappa shape index (κ1) is 24.5. The molecule has 2 aromatic rings. The Morgan fingerprint density at radius 3 is 2.42 bits per heavy atom. The van der Waals surface area contributed by atoms with Crippen molar-refractivity contribution in [1.29, 1.82) is 0 Å². The molecule has 12 nitrogen and oxygen atoms in total. The van der Waals surface area contributed by atoms with E-state index >= 15 is 0 Å². The highest BCUT2D eigenvalue weighted by Crippen LogP contribution is 2.12. The highest BCUT2D eigenvalue weighted by Gasteiger charge is 2.25. The molecule has 0 aromatic carbocycles. The van der Waals surface area contributed by atoms with Gasteiger partial charge in [-0.05, 0) is 33.7 Å². The summed E-state index contributed by atoms with van der Waals surface area (Å²) in [5.74, 6) is -0.398. The Labute approximate surface area is 191 Å². The van der Waals surface area contributed by atoms with Gasteiger partial charge in [0.25, 0.3) is 5.56 Å². The summed E-state index contributed by atoms with van der Waals surface area (Å²) in [4.78, 5) is 57.7. The third-order valence-electron chi connectivity index (χ3n) is 5.50. The van der Waals surface area contributed by atoms with Gasteiger partial charge in [0.15, 0.2) is 11.2 Å². The molecule has 1 aliphatic heterocycles. The van der Waals surface area contributed by atoms with Gasteiger partial charge in [-0.25, -0.2) is 19.1 Å². The van der Waals surface area contributed by atoms with Crippen molar-refractivity contribution in [3.8, 4) is 0 Å². The van der Waals surface area contributed by atoms with Crippen LogP contribution in [0.1, 0.15) is 27.2 Å². The van der Waals surface area contributed by atoms with Crippen LogP contribution in [0.2, 0.25) is 0 Å². The topological polar surface area (TPSA) is 124 Å². The first-order valence-electron chi connectivity index (χ1n) is 11.1. The van der Waals surface area contributed by atoms with E-state index in [0.717, 1.165) is 24.2 Å². The number of amides is 2. The van der Waals surface area contributed by atoms with E-state index in [9.17, 15) is 19.2 Å². The summed E-state index contributed by atoms with van der Waals surface area (Å²) in [5, 5.41) is 2.77. The summed E-state index contributed by atoms with van der Waals surface area (Å²) in [7, 11) is 3.19. The molecule has 0 saturated carbocycles. The molecule has 2 aromatic heterocycles. The van der Waals surface area contributed by atoms with E-state index < -0.39 is 22.8 Å². The van der Waals surface area contributed by atoms with E-state index in [0.29, 0.717) is 26.1 Å². The lowest BCUT2D eigenvalue weighted by molar-refractivity contribution is -0.121. The molecular formula is C21H33N7O5. The predicted octanol–water partition coefficient (Wildman–Crippen LogP) is -0.507. The van der Waals surface area contributed by atoms with Gasteiger partial charge in [0, 0.05) is 46.8 Å². The zero-order chi connectivity index (χ0) is 24.3. The van der Waals surface area contributed by atoms with Gasteiger partial charge in [-0.3, -0.25) is 19.1 Å². The summed E-state index contributed by atoms with van der Waals surface area (Å²) in [6, 6.07) is 0. The molecule has 2 amide bonds. The first-order chi connectivity index (χ1) is 15.5. The van der Waals surface area contributed by atoms with Crippen LogP contribution in [0.5, 0.6) is 0 Å². The van der Waals surface area contributed by atoms with Crippen molar-refractivity contribution in [2.75, 3.05) is 39.3 Å². The number of imidazole rings is 1. The second-order valence-electron chi connectivity index (χ2n) is 9.27. The summed E-state index contributed by atoms with van der Waals surface area (Å²) < 4.78 is 9.13. The molecule has 0 atom stereocenters. The van der Waals surface area contributed by atoms with E-state index in [1.807, 2.05) is 20.8 Å². The number of hydrogen-bond acceptors (Lipinski definition) is 7. The molecule has 33 heavy (non-hydrogen) atoms. The number of rotatable bonds is 6. The Balaban J connectivity index is 1.44. The Kier molecular flexibility index (Phi) is 7.25. The minimum atomic E-state index is -0.579. The second-order valence-corrected chi connectivity index (χ2v) is 9.27. The number of nitrogens with zero attached hydrogens (tertiary/aromatic N) is 6. The van der Waals surface area contributed by atoms with Crippen molar-refractivity contribution in [1.82, 2.24) is 33.8 Å². The van der Waals surface area contributed by atoms with Gasteiger partial charge in [-0.15, -0.1) is 0 Å². The van der Waals surface area contributed by atoms with E-state index in [4.69, 9.17) is 4.74 Å². The lowest BCUT2D eigenvalue weighted by Gasteiger charge is -2.35. The molecule has 0 radical (unpaired) electrons. The number of aromatic nitrogens is 4. The Bertz CT molecular complexity index is 1130. The van der Waals surface area contributed by atoms with E-state index in [1.165, 1.54) is 22.5 Å². The maximum absolute atomic E-state index is 12.7. The standard InChI is InChI=1S/C21H33N7O5/c1-21(2,3)33-20(32)27-11-9-26(10-12-27)8-6-7-22-15(29)13-28-18(30)16-17(23-14-24(16)4)25(5)19(28)31/h14H,6-13H2,1-5H3,(H,22,29). The molecule has 1 aliphatic rings. The lowest BCUT2D eigenvalue weighted by atomic mass is 10.2. The normalized spacial score (nSPS) is 15.1. The van der Waals surface area contributed by atoms with Crippen LogP contribution in [0.25, 0.3) is 11.2 Å². The summed E-state index contributed by atoms with van der Waals surface area (Å²) in [6.07, 6.45) is 1.88. The molecule has 0 unspecified atom stereocenters. The van der Waals surface area contributed by atoms with E-state index in [-0.39, 0.29) is 23.8 Å². The smallest absolute Gasteiger partial charge is 0.410 e. The van der Waals surface area contributed by atoms with Crippen molar-refractivity contribution in [3.05, 3.63) is 27.2 Å². The fourth-order valence-corrected chi connectivity index (χ4v) is 3.75. The highest BCUT2D eigenvalue weighted by molar-refractivity contribution is 5.76. The quantitative estimate of drug-likeness (QED) is 0.573. The predicted molar refractivity (Wildman–Crippen MR) is 122 cm³/mol. The molecule has 1 saturated heterocycles. The van der Waals surface area contributed by atoms with Crippen molar-refractivity contribution in [2.24, 2.45) is 14.1 Å². The third kappa shape index (κ3) is 5.81. The monoisotopic (exact) mass is 463 g/mol. The number of hydrogen-bond donors (Lipinski definition) is 1. The van der Waals surface area contributed by atoms with Crippen LogP contribution in [0, 0.1) is 0 Å². The number of nitrogens with one attached hydrogen (secondary N) is 1. The van der Waals surface area contributed by atoms with Crippen molar-refractivity contribution >= 4 is 23.2 Å². The molecular weight excluding hydrogens is 430 g/mol. The van der Waals surface area contributed by atoms with Gasteiger partial charge in [-0.1, -0.05) is 0 Å². The summed E-state index contributed by atoms with van der Waals surface area (Å²) in [5.41, 5.74) is -1.06. The molecule has 3 heterocycles. The highest BCUT2D eigenvalue weighted by atomic mass is 16.6. The van der Waals surface area contributed by atoms with Crippen LogP contribution in [0.15, 0.2) is 15.9 Å². The van der Waals surface area contributed by atoms with Gasteiger partial charge in [-0.2, -0.15) is 0 Å². The molecule has 1 N–H and O–H groups in total. The van der Waals surface area contributed by atoms with Gasteiger partial charge < -0.3 is 19.5 Å². The van der Waals surface area contributed by atoms with Crippen LogP contribution in [0.3, 0.4) is 0 Å². The number of aryl methyl sites for hydroxylation is 2. The maximum atomic E-state index is 12.7. The zero-order valence-corrected chi connectivity index (χ0v) is 20.0. The largest absolute Gasteiger partial charge is 0.444 e. The second kappa shape index (κ2) is 9.77. The minimum absolute atomic E-state index is 0.274. The number of fused-ring (bicyclic) bond motifs is 1. The zero-order valence-electron chi connectivity index (χ0n) is 20.0. The molecule has 182 valence electrons. The number of carbonyl (C=O) groups excluding carboxylic acids is 2. The number of piperazine rings is 1. The van der Waals surface area contributed by atoms with Crippen LogP contribution in [0.4, 0.5) is 4.79 Å². The molecule has 0 spiro atoms. The summed E-state index contributed by atoms with van der Waals surface area (Å²) in [6.45, 7) is 9.07. The van der Waals surface area contributed by atoms with Crippen LogP contribution in [-0.4, -0.2) is 85.4 Å². The fourth-order valence-electron chi connectivity index (χ4n) is 3.75. The SMILES string of the molecule is Cn1cnc2c1c(=O)n(CC(=O)NCCCN1CCN(C(=O)OC(C)(C)C)CC1)c(=O)n2C. The Hall–Kier alpha value is -3.15. The summed E-state index contributed by atoms with van der Waals surface area (Å²) >= 11 is 0.